The lowest BCUT2D eigenvalue weighted by atomic mass is 10.00. The third-order valence-corrected chi connectivity index (χ3v) is 7.05. The van der Waals surface area contributed by atoms with E-state index in [4.69, 9.17) is 4.74 Å². The summed E-state index contributed by atoms with van der Waals surface area (Å²) in [4.78, 5) is 27.7. The van der Waals surface area contributed by atoms with Crippen molar-refractivity contribution in [1.82, 2.24) is 10.6 Å². The Labute approximate surface area is 238 Å². The van der Waals surface area contributed by atoms with Gasteiger partial charge >= 0.3 is 0 Å². The van der Waals surface area contributed by atoms with Crippen molar-refractivity contribution in [3.05, 3.63) is 94.0 Å². The summed E-state index contributed by atoms with van der Waals surface area (Å²) in [5.74, 6) is 0.240. The van der Waals surface area contributed by atoms with Crippen LogP contribution in [-0.2, 0) is 17.8 Å². The minimum absolute atomic E-state index is 0.0388. The topological polar surface area (TPSA) is 90.9 Å². The zero-order valence-corrected chi connectivity index (χ0v) is 24.0. The Morgan fingerprint density at radius 1 is 1.05 bits per heavy atom. The molecule has 1 aliphatic heterocycles. The smallest absolute Gasteiger partial charge is 0.251 e. The fourth-order valence-corrected chi connectivity index (χ4v) is 5.13. The molecule has 4 rings (SSSR count). The zero-order valence-electron chi connectivity index (χ0n) is 22.4. The third-order valence-electron chi connectivity index (χ3n) is 6.56. The van der Waals surface area contributed by atoms with E-state index in [0.29, 0.717) is 49.5 Å². The van der Waals surface area contributed by atoms with Gasteiger partial charge in [-0.2, -0.15) is 0 Å². The van der Waals surface area contributed by atoms with Crippen molar-refractivity contribution in [1.29, 1.82) is 0 Å². The van der Waals surface area contributed by atoms with E-state index < -0.39 is 12.1 Å². The fourth-order valence-electron chi connectivity index (χ4n) is 4.69. The molecule has 0 bridgehead atoms. The first kappa shape index (κ1) is 28.8. The van der Waals surface area contributed by atoms with Gasteiger partial charge in [-0.05, 0) is 62.1 Å². The van der Waals surface area contributed by atoms with Gasteiger partial charge in [-0.3, -0.25) is 9.59 Å². The average molecular weight is 595 g/mol. The number of ether oxygens (including phenoxy) is 1. The van der Waals surface area contributed by atoms with Gasteiger partial charge in [0.25, 0.3) is 5.91 Å². The van der Waals surface area contributed by atoms with Crippen molar-refractivity contribution < 1.29 is 19.4 Å². The standard InChI is InChI=1S/C31H36BrN3O4/c1-21(2)39-27-17-24(16-26(18-27)35-13-7-12-30(35)37)31(38)34-28(15-22-8-4-3-5-9-22)29(36)20-33-19-23-10-6-11-25(32)14-23/h3-6,8-11,14,16-18,21,28-29,33,36H,7,12-13,15,19-20H2,1-2H3,(H,34,38)/t28-,29-/m0/s1. The van der Waals surface area contributed by atoms with Crippen LogP contribution in [0.25, 0.3) is 0 Å². The number of hydrogen-bond acceptors (Lipinski definition) is 5. The summed E-state index contributed by atoms with van der Waals surface area (Å²) in [6.45, 7) is 5.34. The highest BCUT2D eigenvalue weighted by atomic mass is 79.9. The number of carbonyl (C=O) groups excluding carboxylic acids is 2. The summed E-state index contributed by atoms with van der Waals surface area (Å²) >= 11 is 3.49. The predicted molar refractivity (Wildman–Crippen MR) is 157 cm³/mol. The van der Waals surface area contributed by atoms with Crippen molar-refractivity contribution in [2.24, 2.45) is 0 Å². The second-order valence-electron chi connectivity index (χ2n) is 10.1. The van der Waals surface area contributed by atoms with Gasteiger partial charge in [-0.15, -0.1) is 0 Å². The molecule has 2 atom stereocenters. The summed E-state index contributed by atoms with van der Waals surface area (Å²) < 4.78 is 6.91. The molecule has 1 aliphatic rings. The number of nitrogens with one attached hydrogen (secondary N) is 2. The number of carbonyl (C=O) groups is 2. The normalized spacial score (nSPS) is 14.9. The van der Waals surface area contributed by atoms with Gasteiger partial charge in [-0.1, -0.05) is 58.4 Å². The average Bonchev–Trinajstić information content (AvgIpc) is 3.34. The van der Waals surface area contributed by atoms with Gasteiger partial charge in [0.05, 0.1) is 18.2 Å². The first-order chi connectivity index (χ1) is 18.8. The summed E-state index contributed by atoms with van der Waals surface area (Å²) in [7, 11) is 0. The van der Waals surface area contributed by atoms with Gasteiger partial charge in [0.2, 0.25) is 5.91 Å². The highest BCUT2D eigenvalue weighted by molar-refractivity contribution is 9.10. The SMILES string of the molecule is CC(C)Oc1cc(C(=O)N[C@@H](Cc2ccccc2)[C@@H](O)CNCc2cccc(Br)c2)cc(N2CCCC2=O)c1. The van der Waals surface area contributed by atoms with E-state index in [-0.39, 0.29) is 17.9 Å². The first-order valence-electron chi connectivity index (χ1n) is 13.4. The molecule has 3 aromatic carbocycles. The largest absolute Gasteiger partial charge is 0.491 e. The van der Waals surface area contributed by atoms with Gasteiger partial charge in [-0.25, -0.2) is 0 Å². The van der Waals surface area contributed by atoms with E-state index in [1.165, 1.54) is 0 Å². The van der Waals surface area contributed by atoms with Crippen molar-refractivity contribution in [3.8, 4) is 5.75 Å². The van der Waals surface area contributed by atoms with Gasteiger partial charge < -0.3 is 25.4 Å². The van der Waals surface area contributed by atoms with Crippen LogP contribution in [0, 0.1) is 0 Å². The van der Waals surface area contributed by atoms with Crippen LogP contribution < -0.4 is 20.3 Å². The Kier molecular flexibility index (Phi) is 10.1. The monoisotopic (exact) mass is 593 g/mol. The summed E-state index contributed by atoms with van der Waals surface area (Å²) in [5, 5.41) is 17.5. The lowest BCUT2D eigenvalue weighted by Gasteiger charge is -2.26. The number of nitrogens with zero attached hydrogens (tertiary/aromatic N) is 1. The second-order valence-corrected chi connectivity index (χ2v) is 11.0. The molecule has 1 fully saturated rings. The number of amides is 2. The van der Waals surface area contributed by atoms with Crippen molar-refractivity contribution in [2.45, 2.75) is 57.9 Å². The number of rotatable bonds is 12. The van der Waals surface area contributed by atoms with E-state index in [1.807, 2.05) is 74.5 Å². The van der Waals surface area contributed by atoms with Crippen LogP contribution in [0.15, 0.2) is 77.3 Å². The minimum Gasteiger partial charge on any atom is -0.491 e. The van der Waals surface area contributed by atoms with Crippen LogP contribution in [0.5, 0.6) is 5.75 Å². The molecule has 0 unspecified atom stereocenters. The first-order valence-corrected chi connectivity index (χ1v) is 14.2. The minimum atomic E-state index is -0.837. The van der Waals surface area contributed by atoms with Crippen molar-refractivity contribution >= 4 is 33.4 Å². The lowest BCUT2D eigenvalue weighted by molar-refractivity contribution is -0.117. The highest BCUT2D eigenvalue weighted by Crippen LogP contribution is 2.28. The van der Waals surface area contributed by atoms with E-state index in [2.05, 4.69) is 26.6 Å². The van der Waals surface area contributed by atoms with Crippen LogP contribution in [0.3, 0.4) is 0 Å². The molecule has 8 heteroatoms. The van der Waals surface area contributed by atoms with Crippen molar-refractivity contribution in [3.63, 3.8) is 0 Å². The molecule has 0 spiro atoms. The highest BCUT2D eigenvalue weighted by Gasteiger charge is 2.26. The van der Waals surface area contributed by atoms with Crippen molar-refractivity contribution in [2.75, 3.05) is 18.0 Å². The molecule has 0 radical (unpaired) electrons. The van der Waals surface area contributed by atoms with Crippen LogP contribution in [0.1, 0.15) is 48.2 Å². The van der Waals surface area contributed by atoms with E-state index in [9.17, 15) is 14.7 Å². The molecule has 2 amide bonds. The molecule has 3 N–H and O–H groups in total. The fraction of sp³-hybridized carbons (Fsp3) is 0.355. The second kappa shape index (κ2) is 13.7. The van der Waals surface area contributed by atoms with E-state index in [1.54, 1.807) is 17.0 Å². The molecule has 1 saturated heterocycles. The number of halogens is 1. The van der Waals surface area contributed by atoms with Gasteiger partial charge in [0, 0.05) is 47.8 Å². The Morgan fingerprint density at radius 3 is 2.51 bits per heavy atom. The zero-order chi connectivity index (χ0) is 27.8. The number of benzene rings is 3. The Morgan fingerprint density at radius 2 is 1.82 bits per heavy atom. The summed E-state index contributed by atoms with van der Waals surface area (Å²) in [5.41, 5.74) is 3.13. The predicted octanol–water partition coefficient (Wildman–Crippen LogP) is 4.85. The van der Waals surface area contributed by atoms with Crippen LogP contribution in [0.4, 0.5) is 5.69 Å². The molecule has 0 saturated carbocycles. The van der Waals surface area contributed by atoms with Crippen LogP contribution in [-0.4, -0.2) is 48.3 Å². The number of aliphatic hydroxyl groups excluding tert-OH is 1. The third kappa shape index (κ3) is 8.39. The maximum absolute atomic E-state index is 13.6. The van der Waals surface area contributed by atoms with Gasteiger partial charge in [0.1, 0.15) is 5.75 Å². The summed E-state index contributed by atoms with van der Waals surface area (Å²) in [6.07, 6.45) is 0.819. The molecule has 0 aromatic heterocycles. The molecular formula is C31H36BrN3O4. The maximum atomic E-state index is 13.6. The Hall–Kier alpha value is -3.20. The van der Waals surface area contributed by atoms with E-state index in [0.717, 1.165) is 22.0 Å². The quantitative estimate of drug-likeness (QED) is 0.279. The Bertz CT molecular complexity index is 1270. The molecule has 7 nitrogen and oxygen atoms in total. The summed E-state index contributed by atoms with van der Waals surface area (Å²) in [6, 6.07) is 22.4. The number of hydrogen-bond donors (Lipinski definition) is 3. The van der Waals surface area contributed by atoms with Crippen LogP contribution >= 0.6 is 15.9 Å². The molecule has 206 valence electrons. The Balaban J connectivity index is 1.52. The maximum Gasteiger partial charge on any atom is 0.251 e. The van der Waals surface area contributed by atoms with Gasteiger partial charge in [0.15, 0.2) is 0 Å². The van der Waals surface area contributed by atoms with E-state index >= 15 is 0 Å². The number of aliphatic hydroxyl groups is 1. The molecule has 0 aliphatic carbocycles. The molecule has 39 heavy (non-hydrogen) atoms. The molecular weight excluding hydrogens is 558 g/mol. The lowest BCUT2D eigenvalue weighted by Crippen LogP contribution is -2.48. The molecule has 3 aromatic rings. The molecule has 1 heterocycles. The van der Waals surface area contributed by atoms with Crippen LogP contribution in [0.2, 0.25) is 0 Å². The number of anilines is 1.